The summed E-state index contributed by atoms with van der Waals surface area (Å²) in [4.78, 5) is 2.52. The lowest BCUT2D eigenvalue weighted by atomic mass is 10.0. The Morgan fingerprint density at radius 3 is 2.53 bits per heavy atom. The molecule has 0 bridgehead atoms. The number of hydrogen-bond donors (Lipinski definition) is 1. The van der Waals surface area contributed by atoms with Gasteiger partial charge in [0, 0.05) is 6.54 Å². The second-order valence-electron chi connectivity index (χ2n) is 3.89. The van der Waals surface area contributed by atoms with Gasteiger partial charge >= 0.3 is 6.18 Å². The molecule has 0 fully saturated rings. The highest BCUT2D eigenvalue weighted by Crippen LogP contribution is 2.29. The second kappa shape index (κ2) is 6.87. The van der Waals surface area contributed by atoms with Crippen LogP contribution in [0.1, 0.15) is 30.4 Å². The molecular weight excluding hydrogens is 251 g/mol. The molecule has 0 saturated carbocycles. The van der Waals surface area contributed by atoms with E-state index < -0.39 is 11.7 Å². The van der Waals surface area contributed by atoms with Crippen LogP contribution in [0, 0.1) is 0 Å². The van der Waals surface area contributed by atoms with Crippen LogP contribution in [0.15, 0.2) is 24.3 Å². The van der Waals surface area contributed by atoms with Crippen molar-refractivity contribution >= 4 is 11.8 Å². The fourth-order valence-corrected chi connectivity index (χ4v) is 1.73. The third kappa shape index (κ3) is 5.41. The van der Waals surface area contributed by atoms with Gasteiger partial charge in [-0.1, -0.05) is 24.6 Å². The molecule has 1 aromatic rings. The van der Waals surface area contributed by atoms with Crippen LogP contribution >= 0.6 is 11.8 Å². The average Bonchev–Trinajstić information content (AvgIpc) is 2.28. The Kier molecular flexibility index (Phi) is 5.78. The number of rotatable bonds is 6. The van der Waals surface area contributed by atoms with Crippen molar-refractivity contribution in [3.05, 3.63) is 35.4 Å². The number of alkyl halides is 3. The Balaban J connectivity index is 2.44. The molecule has 0 saturated heterocycles. The summed E-state index contributed by atoms with van der Waals surface area (Å²) in [7, 11) is 0. The third-order valence-electron chi connectivity index (χ3n) is 2.49. The van der Waals surface area contributed by atoms with Crippen molar-refractivity contribution in [2.45, 2.75) is 31.9 Å². The number of benzene rings is 1. The monoisotopic (exact) mass is 265 g/mol. The van der Waals surface area contributed by atoms with Crippen LogP contribution in [-0.2, 0) is 12.6 Å². The van der Waals surface area contributed by atoms with Crippen LogP contribution in [0.5, 0.6) is 0 Å². The Hall–Kier alpha value is -0.740. The van der Waals surface area contributed by atoms with E-state index in [2.05, 4.69) is 4.84 Å². The molecule has 5 heteroatoms. The van der Waals surface area contributed by atoms with Gasteiger partial charge in [0.1, 0.15) is 0 Å². The van der Waals surface area contributed by atoms with Crippen LogP contribution < -0.4 is 4.84 Å². The Morgan fingerprint density at radius 1 is 1.12 bits per heavy atom. The molecule has 0 aliphatic rings. The summed E-state index contributed by atoms with van der Waals surface area (Å²) in [6.45, 7) is 0.726. The largest absolute Gasteiger partial charge is 0.416 e. The molecule has 0 aliphatic heterocycles. The van der Waals surface area contributed by atoms with Crippen molar-refractivity contribution in [2.24, 2.45) is 0 Å². The zero-order valence-electron chi connectivity index (χ0n) is 9.36. The van der Waals surface area contributed by atoms with Gasteiger partial charge < -0.3 is 0 Å². The van der Waals surface area contributed by atoms with E-state index in [9.17, 15) is 13.2 Å². The van der Waals surface area contributed by atoms with Gasteiger partial charge in [-0.2, -0.15) is 13.2 Å². The lowest BCUT2D eigenvalue weighted by Crippen LogP contribution is -2.05. The number of nitrogens with one attached hydrogen (secondary N) is 1. The molecule has 0 radical (unpaired) electrons. The highest BCUT2D eigenvalue weighted by Gasteiger charge is 2.30. The SMILES string of the molecule is FC(F)(F)c1cccc(CCCCCNCl)c1. The number of halogens is 4. The lowest BCUT2D eigenvalue weighted by molar-refractivity contribution is -0.137. The molecule has 1 N–H and O–H groups in total. The van der Waals surface area contributed by atoms with Gasteiger partial charge in [0.25, 0.3) is 0 Å². The van der Waals surface area contributed by atoms with E-state index in [0.717, 1.165) is 37.4 Å². The number of aryl methyl sites for hydroxylation is 1. The smallest absolute Gasteiger partial charge is 0.234 e. The van der Waals surface area contributed by atoms with E-state index in [1.165, 1.54) is 12.1 Å². The van der Waals surface area contributed by atoms with Gasteiger partial charge in [0.2, 0.25) is 0 Å². The lowest BCUT2D eigenvalue weighted by Gasteiger charge is -2.08. The van der Waals surface area contributed by atoms with E-state index in [1.807, 2.05) is 0 Å². The summed E-state index contributed by atoms with van der Waals surface area (Å²) in [6, 6.07) is 5.51. The summed E-state index contributed by atoms with van der Waals surface area (Å²) >= 11 is 5.29. The Labute approximate surface area is 104 Å². The molecule has 1 nitrogen and oxygen atoms in total. The molecular formula is C12H15ClF3N. The first kappa shape index (κ1) is 14.3. The molecule has 0 spiro atoms. The van der Waals surface area contributed by atoms with Gasteiger partial charge in [-0.05, 0) is 42.7 Å². The zero-order chi connectivity index (χ0) is 12.7. The van der Waals surface area contributed by atoms with Crippen molar-refractivity contribution in [3.8, 4) is 0 Å². The molecule has 0 aliphatic carbocycles. The minimum atomic E-state index is -4.25. The van der Waals surface area contributed by atoms with Crippen LogP contribution in [0.4, 0.5) is 13.2 Å². The van der Waals surface area contributed by atoms with Gasteiger partial charge in [-0.3, -0.25) is 0 Å². The summed E-state index contributed by atoms with van der Waals surface area (Å²) in [5.41, 5.74) is 0.163. The first-order valence-corrected chi connectivity index (χ1v) is 5.91. The molecule has 1 aromatic carbocycles. The molecule has 17 heavy (non-hydrogen) atoms. The van der Waals surface area contributed by atoms with Gasteiger partial charge in [-0.15, -0.1) is 0 Å². The van der Waals surface area contributed by atoms with Crippen LogP contribution in [0.3, 0.4) is 0 Å². The molecule has 1 rings (SSSR count). The molecule has 0 aromatic heterocycles. The topological polar surface area (TPSA) is 12.0 Å². The number of unbranched alkanes of at least 4 members (excludes halogenated alkanes) is 2. The van der Waals surface area contributed by atoms with E-state index in [-0.39, 0.29) is 0 Å². The standard InChI is InChI=1S/C12H15ClF3N/c13-17-8-3-1-2-5-10-6-4-7-11(9-10)12(14,15)16/h4,6-7,9,17H,1-3,5,8H2. The normalized spacial score (nSPS) is 11.8. The fourth-order valence-electron chi connectivity index (χ4n) is 1.60. The highest BCUT2D eigenvalue weighted by molar-refractivity contribution is 6.13. The first-order chi connectivity index (χ1) is 8.04. The summed E-state index contributed by atoms with van der Waals surface area (Å²) < 4.78 is 37.3. The maximum absolute atomic E-state index is 12.4. The summed E-state index contributed by atoms with van der Waals surface area (Å²) in [5.74, 6) is 0. The van der Waals surface area contributed by atoms with Crippen molar-refractivity contribution in [1.29, 1.82) is 0 Å². The Morgan fingerprint density at radius 2 is 1.88 bits per heavy atom. The molecule has 0 unspecified atom stereocenters. The predicted octanol–water partition coefficient (Wildman–Crippen LogP) is 4.16. The van der Waals surface area contributed by atoms with Gasteiger partial charge in [0.05, 0.1) is 5.56 Å². The summed E-state index contributed by atoms with van der Waals surface area (Å²) in [5, 5.41) is 0. The summed E-state index contributed by atoms with van der Waals surface area (Å²) in [6.07, 6.45) is -0.816. The van der Waals surface area contributed by atoms with Gasteiger partial charge in [-0.25, -0.2) is 4.84 Å². The molecule has 0 amide bonds. The van der Waals surface area contributed by atoms with Crippen molar-refractivity contribution in [2.75, 3.05) is 6.54 Å². The second-order valence-corrected chi connectivity index (χ2v) is 4.16. The maximum Gasteiger partial charge on any atom is 0.416 e. The fraction of sp³-hybridized carbons (Fsp3) is 0.500. The zero-order valence-corrected chi connectivity index (χ0v) is 10.1. The van der Waals surface area contributed by atoms with E-state index in [4.69, 9.17) is 11.8 Å². The van der Waals surface area contributed by atoms with Crippen LogP contribution in [0.2, 0.25) is 0 Å². The van der Waals surface area contributed by atoms with Crippen molar-refractivity contribution in [3.63, 3.8) is 0 Å². The maximum atomic E-state index is 12.4. The minimum Gasteiger partial charge on any atom is -0.234 e. The van der Waals surface area contributed by atoms with Crippen LogP contribution in [0.25, 0.3) is 0 Å². The molecule has 0 heterocycles. The van der Waals surface area contributed by atoms with Crippen molar-refractivity contribution in [1.82, 2.24) is 4.84 Å². The first-order valence-electron chi connectivity index (χ1n) is 5.53. The molecule has 0 atom stereocenters. The minimum absolute atomic E-state index is 0.572. The van der Waals surface area contributed by atoms with Gasteiger partial charge in [0.15, 0.2) is 0 Å². The highest BCUT2D eigenvalue weighted by atomic mass is 35.5. The van der Waals surface area contributed by atoms with E-state index >= 15 is 0 Å². The predicted molar refractivity (Wildman–Crippen MR) is 62.9 cm³/mol. The van der Waals surface area contributed by atoms with Crippen LogP contribution in [-0.4, -0.2) is 6.54 Å². The molecule has 96 valence electrons. The number of hydrogen-bond acceptors (Lipinski definition) is 1. The third-order valence-corrected chi connectivity index (χ3v) is 2.68. The van der Waals surface area contributed by atoms with E-state index in [1.54, 1.807) is 6.07 Å². The Bertz CT molecular complexity index is 339. The van der Waals surface area contributed by atoms with E-state index in [0.29, 0.717) is 6.42 Å². The average molecular weight is 266 g/mol. The quantitative estimate of drug-likeness (QED) is 0.601. The van der Waals surface area contributed by atoms with Crippen molar-refractivity contribution < 1.29 is 13.2 Å².